The molecule has 0 aromatic heterocycles. The summed E-state index contributed by atoms with van der Waals surface area (Å²) in [4.78, 5) is 15.6. The Bertz CT molecular complexity index is 505. The highest BCUT2D eigenvalue weighted by Gasteiger charge is 2.85. The summed E-state index contributed by atoms with van der Waals surface area (Å²) in [5, 5.41) is 3.50. The first-order valence-corrected chi connectivity index (χ1v) is 8.82. The summed E-state index contributed by atoms with van der Waals surface area (Å²) in [5.41, 5.74) is 0.887. The Hall–Kier alpha value is -0.410. The second kappa shape index (κ2) is 4.16. The number of nitrogens with one attached hydrogen (secondary N) is 1. The number of carbonyl (C=O) groups is 1. The van der Waals surface area contributed by atoms with Gasteiger partial charge in [-0.1, -0.05) is 34.6 Å². The third-order valence-corrected chi connectivity index (χ3v) is 7.36. The molecule has 0 bridgehead atoms. The van der Waals surface area contributed by atoms with Gasteiger partial charge in [-0.15, -0.1) is 0 Å². The molecule has 2 saturated heterocycles. The van der Waals surface area contributed by atoms with E-state index in [9.17, 15) is 4.79 Å². The summed E-state index contributed by atoms with van der Waals surface area (Å²) in [6.07, 6.45) is 1.05. The van der Waals surface area contributed by atoms with E-state index < -0.39 is 0 Å². The van der Waals surface area contributed by atoms with Gasteiger partial charge in [-0.3, -0.25) is 9.69 Å². The summed E-state index contributed by atoms with van der Waals surface area (Å²) >= 11 is 0. The van der Waals surface area contributed by atoms with Gasteiger partial charge in [-0.05, 0) is 38.0 Å². The minimum absolute atomic E-state index is 0.0477. The molecule has 0 aromatic carbocycles. The van der Waals surface area contributed by atoms with Crippen molar-refractivity contribution in [1.29, 1.82) is 0 Å². The quantitative estimate of drug-likeness (QED) is 0.808. The van der Waals surface area contributed by atoms with Crippen LogP contribution in [0.25, 0.3) is 0 Å². The predicted octanol–water partition coefficient (Wildman–Crippen LogP) is 3.09. The molecule has 3 rings (SSSR count). The largest absolute Gasteiger partial charge is 0.315 e. The van der Waals surface area contributed by atoms with Crippen LogP contribution in [0.3, 0.4) is 0 Å². The van der Waals surface area contributed by atoms with E-state index in [1.807, 2.05) is 0 Å². The van der Waals surface area contributed by atoms with Crippen molar-refractivity contribution in [3.8, 4) is 0 Å². The molecule has 0 radical (unpaired) electrons. The van der Waals surface area contributed by atoms with Gasteiger partial charge in [0.05, 0.1) is 6.04 Å². The normalized spacial score (nSPS) is 36.6. The minimum Gasteiger partial charge on any atom is -0.315 e. The number of nitrogens with zero attached hydrogens (tertiary/aromatic N) is 1. The highest BCUT2D eigenvalue weighted by molar-refractivity contribution is 5.89. The van der Waals surface area contributed by atoms with E-state index in [1.165, 1.54) is 0 Å². The molecular formula is C19H34N2O. The first-order chi connectivity index (χ1) is 9.80. The van der Waals surface area contributed by atoms with Crippen LogP contribution in [-0.4, -0.2) is 41.9 Å². The molecule has 2 aliphatic heterocycles. The summed E-state index contributed by atoms with van der Waals surface area (Å²) in [6, 6.07) is 0.0826. The van der Waals surface area contributed by atoms with Crippen molar-refractivity contribution in [3.63, 3.8) is 0 Å². The number of fused-ring (bicyclic) bond motifs is 1. The lowest BCUT2D eigenvalue weighted by Gasteiger charge is -2.38. The number of Topliss-reactive ketones (excluding diaryl/α,β-unsaturated/α-hetero) is 1. The van der Waals surface area contributed by atoms with Crippen LogP contribution in [-0.2, 0) is 4.79 Å². The molecule has 1 N–H and O–H groups in total. The maximum atomic E-state index is 13.1. The van der Waals surface area contributed by atoms with Gasteiger partial charge in [0.1, 0.15) is 0 Å². The van der Waals surface area contributed by atoms with Crippen LogP contribution in [0.5, 0.6) is 0 Å². The standard InChI is InChI=1S/C19H34N2O/c1-15(2,3)14(22)13-9-18(12-21(13)16(4,5)6)17(7,8)19(18)10-20-11-19/h13,20H,9-12H2,1-8H3/t13-,18+/m0/s1. The van der Waals surface area contributed by atoms with Crippen molar-refractivity contribution >= 4 is 5.78 Å². The molecule has 3 nitrogen and oxygen atoms in total. The number of ketones is 1. The number of hydrogen-bond acceptors (Lipinski definition) is 3. The molecule has 2 atom stereocenters. The monoisotopic (exact) mass is 306 g/mol. The van der Waals surface area contributed by atoms with Crippen molar-refractivity contribution in [2.24, 2.45) is 21.7 Å². The lowest BCUT2D eigenvalue weighted by atomic mass is 9.81. The number of hydrogen-bond donors (Lipinski definition) is 1. The smallest absolute Gasteiger partial charge is 0.155 e. The highest BCUT2D eigenvalue weighted by Crippen LogP contribution is 2.83. The Morgan fingerprint density at radius 3 is 1.91 bits per heavy atom. The van der Waals surface area contributed by atoms with E-state index in [4.69, 9.17) is 0 Å². The summed E-state index contributed by atoms with van der Waals surface area (Å²) < 4.78 is 0. The summed E-state index contributed by atoms with van der Waals surface area (Å²) in [5.74, 6) is 0.421. The zero-order valence-corrected chi connectivity index (χ0v) is 15.8. The van der Waals surface area contributed by atoms with Crippen LogP contribution in [0.2, 0.25) is 0 Å². The fourth-order valence-electron chi connectivity index (χ4n) is 5.56. The van der Waals surface area contributed by atoms with Gasteiger partial charge in [-0.25, -0.2) is 0 Å². The molecule has 0 unspecified atom stereocenters. The zero-order chi connectivity index (χ0) is 16.8. The van der Waals surface area contributed by atoms with E-state index in [1.54, 1.807) is 0 Å². The first-order valence-electron chi connectivity index (χ1n) is 8.82. The molecule has 3 heteroatoms. The Morgan fingerprint density at radius 2 is 1.59 bits per heavy atom. The Morgan fingerprint density at radius 1 is 1.05 bits per heavy atom. The van der Waals surface area contributed by atoms with E-state index in [0.717, 1.165) is 26.1 Å². The van der Waals surface area contributed by atoms with Gasteiger partial charge in [-0.2, -0.15) is 0 Å². The molecule has 2 spiro atoms. The Kier molecular flexibility index (Phi) is 3.11. The molecule has 0 aromatic rings. The Labute approximate surface area is 136 Å². The van der Waals surface area contributed by atoms with Gasteiger partial charge in [0.2, 0.25) is 0 Å². The molecule has 3 aliphatic rings. The first kappa shape index (κ1) is 16.4. The van der Waals surface area contributed by atoms with Crippen LogP contribution in [0.4, 0.5) is 0 Å². The fourth-order valence-corrected chi connectivity index (χ4v) is 5.56. The maximum absolute atomic E-state index is 13.1. The van der Waals surface area contributed by atoms with Gasteiger partial charge in [0.15, 0.2) is 5.78 Å². The van der Waals surface area contributed by atoms with Crippen LogP contribution in [0, 0.1) is 21.7 Å². The second-order valence-electron chi connectivity index (χ2n) is 10.5. The van der Waals surface area contributed by atoms with E-state index >= 15 is 0 Å². The average Bonchev–Trinajstić information content (AvgIpc) is 2.58. The number of rotatable bonds is 1. The molecule has 1 saturated carbocycles. The average molecular weight is 306 g/mol. The molecular weight excluding hydrogens is 272 g/mol. The number of likely N-dealkylation sites (tertiary alicyclic amines) is 1. The summed E-state index contributed by atoms with van der Waals surface area (Å²) in [7, 11) is 0. The van der Waals surface area contributed by atoms with Crippen LogP contribution < -0.4 is 5.32 Å². The highest BCUT2D eigenvalue weighted by atomic mass is 16.1. The zero-order valence-electron chi connectivity index (χ0n) is 15.8. The fraction of sp³-hybridized carbons (Fsp3) is 0.947. The molecule has 126 valence electrons. The lowest BCUT2D eigenvalue weighted by Crippen LogP contribution is -2.51. The maximum Gasteiger partial charge on any atom is 0.155 e. The van der Waals surface area contributed by atoms with E-state index in [2.05, 4.69) is 65.6 Å². The van der Waals surface area contributed by atoms with Crippen LogP contribution >= 0.6 is 0 Å². The Balaban J connectivity index is 1.96. The molecule has 3 fully saturated rings. The molecule has 22 heavy (non-hydrogen) atoms. The van der Waals surface area contributed by atoms with Crippen molar-refractivity contribution in [2.75, 3.05) is 19.6 Å². The molecule has 2 heterocycles. The lowest BCUT2D eigenvalue weighted by molar-refractivity contribution is -0.132. The van der Waals surface area contributed by atoms with Gasteiger partial charge in [0.25, 0.3) is 0 Å². The van der Waals surface area contributed by atoms with Crippen molar-refractivity contribution in [2.45, 2.75) is 73.4 Å². The van der Waals surface area contributed by atoms with Gasteiger partial charge < -0.3 is 5.32 Å². The van der Waals surface area contributed by atoms with Crippen LogP contribution in [0.1, 0.15) is 61.8 Å². The SMILES string of the molecule is CC(C)(C)C(=O)[C@@H]1C[C@@]2(CN1C(C)(C)C)C(C)(C)C21CNC1. The van der Waals surface area contributed by atoms with Crippen molar-refractivity contribution in [1.82, 2.24) is 10.2 Å². The summed E-state index contributed by atoms with van der Waals surface area (Å²) in [6.45, 7) is 21.2. The number of carbonyl (C=O) groups excluding carboxylic acids is 1. The second-order valence-corrected chi connectivity index (χ2v) is 10.5. The van der Waals surface area contributed by atoms with Gasteiger partial charge >= 0.3 is 0 Å². The third kappa shape index (κ3) is 1.73. The van der Waals surface area contributed by atoms with E-state index in [-0.39, 0.29) is 17.0 Å². The topological polar surface area (TPSA) is 32.3 Å². The predicted molar refractivity (Wildman–Crippen MR) is 90.8 cm³/mol. The van der Waals surface area contributed by atoms with Gasteiger partial charge in [0, 0.05) is 36.0 Å². The third-order valence-electron chi connectivity index (χ3n) is 7.36. The van der Waals surface area contributed by atoms with Crippen molar-refractivity contribution < 1.29 is 4.79 Å². The minimum atomic E-state index is -0.260. The van der Waals surface area contributed by atoms with Crippen LogP contribution in [0.15, 0.2) is 0 Å². The molecule has 1 aliphatic carbocycles. The van der Waals surface area contributed by atoms with Crippen molar-refractivity contribution in [3.05, 3.63) is 0 Å². The van der Waals surface area contributed by atoms with E-state index in [0.29, 0.717) is 22.0 Å². The molecule has 0 amide bonds.